The van der Waals surface area contributed by atoms with Gasteiger partial charge >= 0.3 is 0 Å². The quantitative estimate of drug-likeness (QED) is 0.726. The maximum Gasteiger partial charge on any atom is 0.266 e. The van der Waals surface area contributed by atoms with Crippen LogP contribution in [-0.2, 0) is 14.8 Å². The summed E-state index contributed by atoms with van der Waals surface area (Å²) in [7, 11) is -3.83. The Hall–Kier alpha value is -1.88. The minimum atomic E-state index is -3.83. The van der Waals surface area contributed by atoms with Gasteiger partial charge in [-0.15, -0.1) is 13.2 Å². The molecule has 0 heterocycles. The molecule has 0 fully saturated rings. The third-order valence-corrected chi connectivity index (χ3v) is 4.55. The fraction of sp³-hybridized carbons (Fsp3) is 0.267. The van der Waals surface area contributed by atoms with Crippen molar-refractivity contribution in [1.29, 1.82) is 0 Å². The largest absolute Gasteiger partial charge is 0.274 e. The molecule has 0 bridgehead atoms. The summed E-state index contributed by atoms with van der Waals surface area (Å²) in [5.74, 6) is -0.453. The minimum absolute atomic E-state index is 0.0355. The second-order valence-electron chi connectivity index (χ2n) is 4.36. The third-order valence-electron chi connectivity index (χ3n) is 2.74. The fourth-order valence-corrected chi connectivity index (χ4v) is 3.03. The highest BCUT2D eigenvalue weighted by atomic mass is 32.2. The van der Waals surface area contributed by atoms with Crippen LogP contribution in [0, 0.1) is 6.92 Å². The van der Waals surface area contributed by atoms with Crippen LogP contribution in [0.2, 0.25) is 0 Å². The summed E-state index contributed by atoms with van der Waals surface area (Å²) >= 11 is 0. The molecule has 1 amide bonds. The van der Waals surface area contributed by atoms with E-state index < -0.39 is 15.9 Å². The van der Waals surface area contributed by atoms with Crippen molar-refractivity contribution in [2.45, 2.75) is 24.7 Å². The van der Waals surface area contributed by atoms with Crippen molar-refractivity contribution in [3.8, 4) is 0 Å². The van der Waals surface area contributed by atoms with E-state index in [4.69, 9.17) is 0 Å². The van der Waals surface area contributed by atoms with Crippen molar-refractivity contribution in [2.75, 3.05) is 6.54 Å². The Bertz CT molecular complexity index is 588. The molecule has 108 valence electrons. The summed E-state index contributed by atoms with van der Waals surface area (Å²) in [5, 5.41) is 0. The number of carbonyl (C=O) groups is 1. The highest BCUT2D eigenvalue weighted by Gasteiger charge is 2.27. The van der Waals surface area contributed by atoms with Crippen LogP contribution in [0.5, 0.6) is 0 Å². The molecule has 0 aliphatic heterocycles. The highest BCUT2D eigenvalue weighted by molar-refractivity contribution is 7.89. The molecule has 0 aliphatic carbocycles. The highest BCUT2D eigenvalue weighted by Crippen LogP contribution is 2.17. The zero-order valence-corrected chi connectivity index (χ0v) is 12.4. The Balaban J connectivity index is 3.11. The molecule has 0 radical (unpaired) electrons. The van der Waals surface area contributed by atoms with Crippen molar-refractivity contribution < 1.29 is 13.2 Å². The molecule has 0 spiro atoms. The Morgan fingerprint density at radius 2 is 1.80 bits per heavy atom. The number of hydrogen-bond acceptors (Lipinski definition) is 3. The molecule has 0 saturated heterocycles. The number of rotatable bonds is 7. The molecule has 0 unspecified atom stereocenters. The normalized spacial score (nSPS) is 10.8. The monoisotopic (exact) mass is 293 g/mol. The zero-order valence-electron chi connectivity index (χ0n) is 11.6. The molecular formula is C15H19NO3S. The Morgan fingerprint density at radius 1 is 1.20 bits per heavy atom. The average molecular weight is 293 g/mol. The maximum atomic E-state index is 12.5. The molecular weight excluding hydrogens is 274 g/mol. The lowest BCUT2D eigenvalue weighted by Crippen LogP contribution is -2.36. The summed E-state index contributed by atoms with van der Waals surface area (Å²) in [6.07, 6.45) is 3.54. The first-order chi connectivity index (χ1) is 9.43. The molecule has 1 aromatic carbocycles. The molecule has 0 aliphatic rings. The van der Waals surface area contributed by atoms with Crippen molar-refractivity contribution in [3.63, 3.8) is 0 Å². The van der Waals surface area contributed by atoms with Gasteiger partial charge in [0.1, 0.15) is 0 Å². The predicted molar refractivity (Wildman–Crippen MR) is 79.7 cm³/mol. The smallest absolute Gasteiger partial charge is 0.266 e. The number of hydrogen-bond donors (Lipinski definition) is 0. The third kappa shape index (κ3) is 3.81. The van der Waals surface area contributed by atoms with Gasteiger partial charge in [-0.05, 0) is 25.5 Å². The van der Waals surface area contributed by atoms with Gasteiger partial charge in [-0.25, -0.2) is 12.7 Å². The van der Waals surface area contributed by atoms with Crippen LogP contribution in [-0.4, -0.2) is 25.2 Å². The zero-order chi connectivity index (χ0) is 15.2. The van der Waals surface area contributed by atoms with Gasteiger partial charge in [0.2, 0.25) is 5.91 Å². The minimum Gasteiger partial charge on any atom is -0.274 e. The first-order valence-corrected chi connectivity index (χ1v) is 7.71. The van der Waals surface area contributed by atoms with Crippen LogP contribution in [0.15, 0.2) is 54.5 Å². The van der Waals surface area contributed by atoms with Gasteiger partial charge in [0.15, 0.2) is 0 Å². The van der Waals surface area contributed by atoms with Gasteiger partial charge in [0.25, 0.3) is 10.0 Å². The molecule has 5 heteroatoms. The second kappa shape index (κ2) is 7.05. The lowest BCUT2D eigenvalue weighted by Gasteiger charge is -2.21. The first-order valence-electron chi connectivity index (χ1n) is 6.27. The van der Waals surface area contributed by atoms with Crippen LogP contribution in [0.25, 0.3) is 0 Å². The predicted octanol–water partition coefficient (Wildman–Crippen LogP) is 2.66. The van der Waals surface area contributed by atoms with E-state index in [1.54, 1.807) is 18.2 Å². The Labute approximate surface area is 120 Å². The van der Waals surface area contributed by atoms with Gasteiger partial charge in [-0.3, -0.25) is 4.79 Å². The molecule has 1 aromatic rings. The summed E-state index contributed by atoms with van der Waals surface area (Å²) in [5.41, 5.74) is 0.956. The van der Waals surface area contributed by atoms with E-state index in [9.17, 15) is 13.2 Å². The number of benzene rings is 1. The van der Waals surface area contributed by atoms with Crippen molar-refractivity contribution in [3.05, 3.63) is 55.1 Å². The van der Waals surface area contributed by atoms with Gasteiger partial charge < -0.3 is 0 Å². The molecule has 0 N–H and O–H groups in total. The maximum absolute atomic E-state index is 12.5. The van der Waals surface area contributed by atoms with E-state index in [1.807, 2.05) is 6.92 Å². The van der Waals surface area contributed by atoms with Crippen molar-refractivity contribution in [1.82, 2.24) is 4.31 Å². The number of nitrogens with zero attached hydrogens (tertiary/aromatic N) is 1. The molecule has 0 aromatic heterocycles. The van der Waals surface area contributed by atoms with Crippen LogP contribution in [0.4, 0.5) is 0 Å². The molecule has 4 nitrogen and oxygen atoms in total. The Kier molecular flexibility index (Phi) is 5.70. The van der Waals surface area contributed by atoms with Gasteiger partial charge in [0.05, 0.1) is 11.4 Å². The van der Waals surface area contributed by atoms with Gasteiger partial charge in [-0.1, -0.05) is 29.8 Å². The van der Waals surface area contributed by atoms with E-state index in [0.717, 1.165) is 9.87 Å². The van der Waals surface area contributed by atoms with E-state index in [-0.39, 0.29) is 17.9 Å². The summed E-state index contributed by atoms with van der Waals surface area (Å²) < 4.78 is 25.8. The van der Waals surface area contributed by atoms with Crippen LogP contribution in [0.1, 0.15) is 18.4 Å². The molecule has 0 atom stereocenters. The average Bonchev–Trinajstić information content (AvgIpc) is 2.42. The van der Waals surface area contributed by atoms with Gasteiger partial charge in [-0.2, -0.15) is 0 Å². The van der Waals surface area contributed by atoms with E-state index in [2.05, 4.69) is 13.2 Å². The lowest BCUT2D eigenvalue weighted by molar-refractivity contribution is -0.126. The summed E-state index contributed by atoms with van der Waals surface area (Å²) in [4.78, 5) is 12.1. The van der Waals surface area contributed by atoms with E-state index in [1.165, 1.54) is 18.2 Å². The number of aryl methyl sites for hydroxylation is 1. The molecule has 0 saturated carbocycles. The standard InChI is InChI=1S/C15H19NO3S/c1-4-6-7-15(17)16(12-5-2)20(18,19)14-10-8-13(3)9-11-14/h4-5,8-11H,1-2,6-7,12H2,3H3. The topological polar surface area (TPSA) is 54.5 Å². The molecule has 20 heavy (non-hydrogen) atoms. The van der Waals surface area contributed by atoms with Gasteiger partial charge in [0, 0.05) is 6.42 Å². The van der Waals surface area contributed by atoms with Crippen molar-refractivity contribution in [2.24, 2.45) is 0 Å². The van der Waals surface area contributed by atoms with Crippen LogP contribution >= 0.6 is 0 Å². The number of carbonyl (C=O) groups excluding carboxylic acids is 1. The fourth-order valence-electron chi connectivity index (χ4n) is 1.64. The first kappa shape index (κ1) is 16.2. The number of amides is 1. The number of allylic oxidation sites excluding steroid dienone is 1. The number of sulfonamides is 1. The summed E-state index contributed by atoms with van der Waals surface area (Å²) in [6.45, 7) is 8.87. The molecule has 1 rings (SSSR count). The second-order valence-corrected chi connectivity index (χ2v) is 6.22. The van der Waals surface area contributed by atoms with Crippen LogP contribution < -0.4 is 0 Å². The van der Waals surface area contributed by atoms with E-state index >= 15 is 0 Å². The Morgan fingerprint density at radius 3 is 2.30 bits per heavy atom. The van der Waals surface area contributed by atoms with Crippen LogP contribution in [0.3, 0.4) is 0 Å². The SMILES string of the molecule is C=CCCC(=O)N(CC=C)S(=O)(=O)c1ccc(C)cc1. The van der Waals surface area contributed by atoms with Crippen molar-refractivity contribution >= 4 is 15.9 Å². The lowest BCUT2D eigenvalue weighted by atomic mass is 10.2. The van der Waals surface area contributed by atoms with E-state index in [0.29, 0.717) is 6.42 Å². The summed E-state index contributed by atoms with van der Waals surface area (Å²) in [6, 6.07) is 6.41.